The molecule has 0 aromatic heterocycles. The van der Waals surface area contributed by atoms with Crippen LogP contribution >= 0.6 is 0 Å². The monoisotopic (exact) mass is 681 g/mol. The normalized spacial score (nSPS) is 14.0. The number of hydrogen-bond acceptors (Lipinski definition) is 1. The fourth-order valence-corrected chi connectivity index (χ4v) is 8.29. The molecule has 1 aliphatic carbocycles. The molecule has 8 aromatic rings. The van der Waals surface area contributed by atoms with Crippen LogP contribution in [0.15, 0.2) is 188 Å². The lowest BCUT2D eigenvalue weighted by Crippen LogP contribution is -2.43. The Kier molecular flexibility index (Phi) is 7.90. The zero-order valence-corrected chi connectivity index (χ0v) is 30.8. The minimum Gasteiger partial charge on any atom is -0.310 e. The van der Waals surface area contributed by atoms with Crippen LogP contribution in [0.4, 0.5) is 17.1 Å². The van der Waals surface area contributed by atoms with Gasteiger partial charge >= 0.3 is 0 Å². The Morgan fingerprint density at radius 2 is 0.792 bits per heavy atom. The van der Waals surface area contributed by atoms with E-state index in [1.54, 1.807) is 0 Å². The molecule has 0 bridgehead atoms. The second-order valence-electron chi connectivity index (χ2n) is 15.5. The highest BCUT2D eigenvalue weighted by molar-refractivity contribution is 5.91. The van der Waals surface area contributed by atoms with Crippen molar-refractivity contribution in [1.82, 2.24) is 0 Å². The molecule has 8 aromatic carbocycles. The van der Waals surface area contributed by atoms with E-state index in [9.17, 15) is 0 Å². The zero-order valence-electron chi connectivity index (χ0n) is 30.8. The molecule has 53 heavy (non-hydrogen) atoms. The van der Waals surface area contributed by atoms with Crippen LogP contribution in [0.1, 0.15) is 38.8 Å². The van der Waals surface area contributed by atoms with E-state index in [1.807, 2.05) is 0 Å². The summed E-state index contributed by atoms with van der Waals surface area (Å²) in [6, 6.07) is 69.0. The summed E-state index contributed by atoms with van der Waals surface area (Å²) in [7, 11) is 0. The summed E-state index contributed by atoms with van der Waals surface area (Å²) >= 11 is 0. The Hall–Kier alpha value is -6.18. The van der Waals surface area contributed by atoms with Crippen molar-refractivity contribution in [2.24, 2.45) is 0 Å². The van der Waals surface area contributed by atoms with Crippen LogP contribution in [0, 0.1) is 0 Å². The molecule has 1 nitrogen and oxygen atoms in total. The molecule has 0 atom stereocenters. The number of anilines is 3. The van der Waals surface area contributed by atoms with Crippen molar-refractivity contribution >= 4 is 27.8 Å². The molecular weight excluding hydrogens is 639 g/mol. The maximum absolute atomic E-state index is 2.46. The van der Waals surface area contributed by atoms with Gasteiger partial charge in [-0.3, -0.25) is 0 Å². The largest absolute Gasteiger partial charge is 0.310 e. The van der Waals surface area contributed by atoms with E-state index in [-0.39, 0.29) is 10.8 Å². The van der Waals surface area contributed by atoms with Gasteiger partial charge in [-0.1, -0.05) is 167 Å². The predicted octanol–water partition coefficient (Wildman–Crippen LogP) is 14.5. The summed E-state index contributed by atoms with van der Waals surface area (Å²) in [4.78, 5) is 2.42. The van der Waals surface area contributed by atoms with Crippen LogP contribution in [0.3, 0.4) is 0 Å². The van der Waals surface area contributed by atoms with E-state index in [4.69, 9.17) is 0 Å². The van der Waals surface area contributed by atoms with Crippen molar-refractivity contribution in [1.29, 1.82) is 0 Å². The summed E-state index contributed by atoms with van der Waals surface area (Å²) in [6.45, 7) is 9.68. The lowest BCUT2D eigenvalue weighted by Gasteiger charge is -2.48. The van der Waals surface area contributed by atoms with Gasteiger partial charge in [-0.15, -0.1) is 0 Å². The van der Waals surface area contributed by atoms with Gasteiger partial charge in [0.1, 0.15) is 0 Å². The van der Waals surface area contributed by atoms with Crippen molar-refractivity contribution in [3.05, 3.63) is 199 Å². The molecule has 0 N–H and O–H groups in total. The molecule has 0 saturated heterocycles. The van der Waals surface area contributed by atoms with Crippen LogP contribution in [0.5, 0.6) is 0 Å². The van der Waals surface area contributed by atoms with Crippen molar-refractivity contribution in [2.45, 2.75) is 38.5 Å². The van der Waals surface area contributed by atoms with Gasteiger partial charge in [0.25, 0.3) is 0 Å². The first kappa shape index (κ1) is 32.7. The van der Waals surface area contributed by atoms with Gasteiger partial charge < -0.3 is 4.90 Å². The van der Waals surface area contributed by atoms with Gasteiger partial charge in [0.15, 0.2) is 0 Å². The predicted molar refractivity (Wildman–Crippen MR) is 226 cm³/mol. The van der Waals surface area contributed by atoms with Gasteiger partial charge in [-0.05, 0) is 126 Å². The number of rotatable bonds is 6. The minimum atomic E-state index is -0.133. The average molecular weight is 682 g/mol. The third kappa shape index (κ3) is 5.65. The van der Waals surface area contributed by atoms with Gasteiger partial charge in [0, 0.05) is 17.1 Å². The van der Waals surface area contributed by atoms with E-state index < -0.39 is 0 Å². The first-order valence-electron chi connectivity index (χ1n) is 18.7. The molecule has 0 heterocycles. The number of nitrogens with zero attached hydrogens (tertiary/aromatic N) is 1. The second-order valence-corrected chi connectivity index (χ2v) is 15.5. The van der Waals surface area contributed by atoms with Crippen LogP contribution < -0.4 is 4.90 Å². The van der Waals surface area contributed by atoms with E-state index in [1.165, 1.54) is 66.4 Å². The molecule has 1 aliphatic rings. The Morgan fingerprint density at radius 3 is 1.51 bits per heavy atom. The second kappa shape index (κ2) is 12.8. The van der Waals surface area contributed by atoms with Crippen LogP contribution in [0.2, 0.25) is 0 Å². The molecule has 0 radical (unpaired) electrons. The molecule has 9 rings (SSSR count). The highest BCUT2D eigenvalue weighted by Crippen LogP contribution is 2.55. The fourth-order valence-electron chi connectivity index (χ4n) is 8.29. The molecule has 0 fully saturated rings. The summed E-state index contributed by atoms with van der Waals surface area (Å²) in [5.41, 5.74) is 16.0. The van der Waals surface area contributed by atoms with Crippen molar-refractivity contribution in [3.8, 4) is 44.5 Å². The Balaban J connectivity index is 1.19. The fraction of sp³-hybridized carbons (Fsp3) is 0.115. The van der Waals surface area contributed by atoms with Crippen molar-refractivity contribution in [3.63, 3.8) is 0 Å². The van der Waals surface area contributed by atoms with Crippen molar-refractivity contribution in [2.75, 3.05) is 4.90 Å². The highest BCUT2D eigenvalue weighted by Gasteiger charge is 2.46. The van der Waals surface area contributed by atoms with Gasteiger partial charge in [-0.2, -0.15) is 0 Å². The molecule has 256 valence electrons. The molecule has 0 spiro atoms. The molecule has 0 aliphatic heterocycles. The Morgan fingerprint density at radius 1 is 0.302 bits per heavy atom. The quantitative estimate of drug-likeness (QED) is 0.169. The summed E-state index contributed by atoms with van der Waals surface area (Å²) in [5.74, 6) is 0. The third-order valence-corrected chi connectivity index (χ3v) is 12.0. The minimum absolute atomic E-state index is 0.108. The molecule has 1 heteroatoms. The number of hydrogen-bond donors (Lipinski definition) is 0. The summed E-state index contributed by atoms with van der Waals surface area (Å²) in [6.07, 6.45) is 0. The van der Waals surface area contributed by atoms with E-state index in [2.05, 4.69) is 221 Å². The van der Waals surface area contributed by atoms with Crippen molar-refractivity contribution < 1.29 is 0 Å². The lowest BCUT2D eigenvalue weighted by atomic mass is 9.55. The number of benzene rings is 8. The molecule has 0 unspecified atom stereocenters. The van der Waals surface area contributed by atoms with Crippen LogP contribution in [0.25, 0.3) is 55.3 Å². The maximum Gasteiger partial charge on any atom is 0.0468 e. The van der Waals surface area contributed by atoms with Crippen LogP contribution in [-0.4, -0.2) is 0 Å². The maximum atomic E-state index is 2.46. The van der Waals surface area contributed by atoms with E-state index in [0.717, 1.165) is 17.1 Å². The SMILES string of the molecule is CC1(C)c2ccc(-c3cccc(-c4ccccc4)c3)cc2-c2ccc(N(c3ccc(-c4ccccc4)cc3)c3ccc4ccccc4c3)cc2C1(C)C. The van der Waals surface area contributed by atoms with Gasteiger partial charge in [-0.25, -0.2) is 0 Å². The number of fused-ring (bicyclic) bond motifs is 4. The molecular formula is C52H43N. The van der Waals surface area contributed by atoms with E-state index in [0.29, 0.717) is 0 Å². The van der Waals surface area contributed by atoms with Gasteiger partial charge in [0.05, 0.1) is 0 Å². The first-order valence-corrected chi connectivity index (χ1v) is 18.7. The first-order chi connectivity index (χ1) is 25.8. The Labute approximate surface area is 313 Å². The summed E-state index contributed by atoms with van der Waals surface area (Å²) in [5, 5.41) is 2.47. The smallest absolute Gasteiger partial charge is 0.0468 e. The topological polar surface area (TPSA) is 3.24 Å². The lowest BCUT2D eigenvalue weighted by molar-refractivity contribution is 0.299. The Bertz CT molecular complexity index is 2590. The average Bonchev–Trinajstić information content (AvgIpc) is 3.21. The molecule has 0 amide bonds. The van der Waals surface area contributed by atoms with Crippen LogP contribution in [-0.2, 0) is 10.8 Å². The highest BCUT2D eigenvalue weighted by atomic mass is 15.1. The zero-order chi connectivity index (χ0) is 36.2. The summed E-state index contributed by atoms with van der Waals surface area (Å²) < 4.78 is 0. The third-order valence-electron chi connectivity index (χ3n) is 12.0. The standard InChI is InChI=1S/C52H43N/c1-51(2)49-31-25-43(41-21-13-20-40(32-41)37-16-9-6-10-17-37)34-48(49)47-30-29-46(35-50(47)52(51,3)4)53(45-28-24-38-18-11-12-19-42(38)33-45)44-26-22-39(23-27-44)36-14-7-5-8-15-36/h5-35H,1-4H3. The van der Waals surface area contributed by atoms with Gasteiger partial charge in [0.2, 0.25) is 0 Å². The molecule has 0 saturated carbocycles. The van der Waals surface area contributed by atoms with E-state index >= 15 is 0 Å².